The highest BCUT2D eigenvalue weighted by atomic mass is 16.6. The SMILES string of the molecule is CC(C)(C)OC(=O)C1C(N)C2CCC21. The van der Waals surface area contributed by atoms with E-state index in [0.717, 1.165) is 6.42 Å². The van der Waals surface area contributed by atoms with Gasteiger partial charge in [-0.3, -0.25) is 4.79 Å². The summed E-state index contributed by atoms with van der Waals surface area (Å²) >= 11 is 0. The molecule has 14 heavy (non-hydrogen) atoms. The molecule has 2 aliphatic rings. The van der Waals surface area contributed by atoms with E-state index in [9.17, 15) is 4.79 Å². The van der Waals surface area contributed by atoms with Crippen LogP contribution in [0.2, 0.25) is 0 Å². The summed E-state index contributed by atoms with van der Waals surface area (Å²) in [5, 5.41) is 0. The summed E-state index contributed by atoms with van der Waals surface area (Å²) in [5.41, 5.74) is 5.54. The molecule has 0 aromatic carbocycles. The molecule has 0 bridgehead atoms. The summed E-state index contributed by atoms with van der Waals surface area (Å²) in [5.74, 6) is 1.02. The molecule has 80 valence electrons. The first-order chi connectivity index (χ1) is 6.40. The van der Waals surface area contributed by atoms with Crippen molar-refractivity contribution in [3.63, 3.8) is 0 Å². The highest BCUT2D eigenvalue weighted by Gasteiger charge is 2.57. The first-order valence-corrected chi connectivity index (χ1v) is 5.38. The number of carbonyl (C=O) groups is 1. The van der Waals surface area contributed by atoms with Crippen LogP contribution in [0.5, 0.6) is 0 Å². The molecule has 0 aromatic rings. The molecule has 2 fully saturated rings. The van der Waals surface area contributed by atoms with Crippen molar-refractivity contribution >= 4 is 5.97 Å². The highest BCUT2D eigenvalue weighted by Crippen LogP contribution is 2.53. The summed E-state index contributed by atoms with van der Waals surface area (Å²) < 4.78 is 5.35. The summed E-state index contributed by atoms with van der Waals surface area (Å²) in [6, 6.07) is 0.0589. The van der Waals surface area contributed by atoms with Crippen LogP contribution in [-0.4, -0.2) is 17.6 Å². The number of hydrogen-bond acceptors (Lipinski definition) is 3. The summed E-state index contributed by atoms with van der Waals surface area (Å²) in [6.07, 6.45) is 2.35. The molecule has 4 atom stereocenters. The van der Waals surface area contributed by atoms with Gasteiger partial charge in [0.05, 0.1) is 5.92 Å². The molecular weight excluding hydrogens is 178 g/mol. The molecule has 2 rings (SSSR count). The second-order valence-electron chi connectivity index (χ2n) is 5.54. The maximum absolute atomic E-state index is 11.7. The Kier molecular flexibility index (Phi) is 2.11. The van der Waals surface area contributed by atoms with Gasteiger partial charge >= 0.3 is 5.97 Å². The Hall–Kier alpha value is -0.570. The van der Waals surface area contributed by atoms with Crippen LogP contribution in [0.25, 0.3) is 0 Å². The second kappa shape index (κ2) is 2.96. The van der Waals surface area contributed by atoms with Gasteiger partial charge in [-0.15, -0.1) is 0 Å². The number of fused-ring (bicyclic) bond motifs is 1. The number of carbonyl (C=O) groups excluding carboxylic acids is 1. The Morgan fingerprint density at radius 3 is 2.21 bits per heavy atom. The fraction of sp³-hybridized carbons (Fsp3) is 0.909. The van der Waals surface area contributed by atoms with Gasteiger partial charge in [0, 0.05) is 6.04 Å². The third-order valence-corrected chi connectivity index (χ3v) is 3.43. The summed E-state index contributed by atoms with van der Waals surface area (Å²) in [6.45, 7) is 5.69. The van der Waals surface area contributed by atoms with E-state index in [4.69, 9.17) is 10.5 Å². The molecule has 3 heteroatoms. The normalized spacial score (nSPS) is 40.6. The van der Waals surface area contributed by atoms with Crippen LogP contribution < -0.4 is 5.73 Å². The van der Waals surface area contributed by atoms with Crippen molar-refractivity contribution in [3.8, 4) is 0 Å². The van der Waals surface area contributed by atoms with Crippen molar-refractivity contribution in [2.24, 2.45) is 23.5 Å². The molecular formula is C11H19NO2. The van der Waals surface area contributed by atoms with Gasteiger partial charge in [-0.05, 0) is 45.4 Å². The lowest BCUT2D eigenvalue weighted by Gasteiger charge is -2.56. The van der Waals surface area contributed by atoms with E-state index in [-0.39, 0.29) is 23.5 Å². The monoisotopic (exact) mass is 197 g/mol. The van der Waals surface area contributed by atoms with Crippen molar-refractivity contribution in [2.75, 3.05) is 0 Å². The molecule has 4 unspecified atom stereocenters. The fourth-order valence-corrected chi connectivity index (χ4v) is 2.58. The van der Waals surface area contributed by atoms with Crippen LogP contribution in [0.4, 0.5) is 0 Å². The minimum atomic E-state index is -0.383. The largest absolute Gasteiger partial charge is 0.460 e. The van der Waals surface area contributed by atoms with Gasteiger partial charge in [0.25, 0.3) is 0 Å². The number of ether oxygens (including phenoxy) is 1. The van der Waals surface area contributed by atoms with E-state index in [0.29, 0.717) is 11.8 Å². The Bertz CT molecular complexity index is 251. The molecule has 0 amide bonds. The Labute approximate surface area is 85.0 Å². The summed E-state index contributed by atoms with van der Waals surface area (Å²) in [7, 11) is 0. The number of rotatable bonds is 1. The zero-order valence-corrected chi connectivity index (χ0v) is 9.12. The van der Waals surface area contributed by atoms with E-state index in [1.165, 1.54) is 6.42 Å². The molecule has 3 nitrogen and oxygen atoms in total. The number of esters is 1. The fourth-order valence-electron chi connectivity index (χ4n) is 2.58. The van der Waals surface area contributed by atoms with Gasteiger partial charge in [0.2, 0.25) is 0 Å². The van der Waals surface area contributed by atoms with Crippen LogP contribution in [0.15, 0.2) is 0 Å². The van der Waals surface area contributed by atoms with Gasteiger partial charge in [-0.1, -0.05) is 0 Å². The maximum atomic E-state index is 11.7. The summed E-state index contributed by atoms with van der Waals surface area (Å²) in [4.78, 5) is 11.7. The van der Waals surface area contributed by atoms with E-state index >= 15 is 0 Å². The van der Waals surface area contributed by atoms with Crippen LogP contribution >= 0.6 is 0 Å². The highest BCUT2D eigenvalue weighted by molar-refractivity contribution is 5.76. The van der Waals surface area contributed by atoms with Crippen LogP contribution in [-0.2, 0) is 9.53 Å². The zero-order chi connectivity index (χ0) is 10.5. The van der Waals surface area contributed by atoms with E-state index in [1.54, 1.807) is 0 Å². The number of nitrogens with two attached hydrogens (primary N) is 1. The van der Waals surface area contributed by atoms with E-state index in [2.05, 4.69) is 0 Å². The molecule has 0 heterocycles. The van der Waals surface area contributed by atoms with Crippen LogP contribution in [0.3, 0.4) is 0 Å². The molecule has 2 N–H and O–H groups in total. The van der Waals surface area contributed by atoms with E-state index in [1.807, 2.05) is 20.8 Å². The first kappa shape index (κ1) is 9.97. The standard InChI is InChI=1S/C11H19NO2/c1-11(2,3)14-10(13)8-6-4-5-7(6)9(8)12/h6-9H,4-5,12H2,1-3H3. The first-order valence-electron chi connectivity index (χ1n) is 5.38. The molecule has 2 saturated carbocycles. The molecule has 0 aromatic heterocycles. The minimum Gasteiger partial charge on any atom is -0.460 e. The van der Waals surface area contributed by atoms with Gasteiger partial charge in [0.1, 0.15) is 5.60 Å². The lowest BCUT2D eigenvalue weighted by molar-refractivity contribution is -0.179. The minimum absolute atomic E-state index is 0.0204. The van der Waals surface area contributed by atoms with Crippen LogP contribution in [0.1, 0.15) is 33.6 Å². The van der Waals surface area contributed by atoms with Crippen molar-refractivity contribution in [3.05, 3.63) is 0 Å². The second-order valence-corrected chi connectivity index (χ2v) is 5.54. The topological polar surface area (TPSA) is 52.3 Å². The van der Waals surface area contributed by atoms with Crippen LogP contribution in [0, 0.1) is 17.8 Å². The van der Waals surface area contributed by atoms with Gasteiger partial charge in [-0.2, -0.15) is 0 Å². The maximum Gasteiger partial charge on any atom is 0.311 e. The smallest absolute Gasteiger partial charge is 0.311 e. The Morgan fingerprint density at radius 2 is 1.86 bits per heavy atom. The average Bonchev–Trinajstić information content (AvgIpc) is 1.93. The lowest BCUT2D eigenvalue weighted by atomic mass is 9.50. The lowest BCUT2D eigenvalue weighted by Crippen LogP contribution is -2.64. The van der Waals surface area contributed by atoms with Gasteiger partial charge < -0.3 is 10.5 Å². The van der Waals surface area contributed by atoms with Crippen molar-refractivity contribution in [2.45, 2.75) is 45.3 Å². The van der Waals surface area contributed by atoms with Gasteiger partial charge in [-0.25, -0.2) is 0 Å². The average molecular weight is 197 g/mol. The predicted octanol–water partition coefficient (Wildman–Crippen LogP) is 1.31. The molecule has 0 aliphatic heterocycles. The number of hydrogen-bond donors (Lipinski definition) is 1. The quantitative estimate of drug-likeness (QED) is 0.645. The van der Waals surface area contributed by atoms with Crippen molar-refractivity contribution in [1.82, 2.24) is 0 Å². The van der Waals surface area contributed by atoms with Crippen molar-refractivity contribution in [1.29, 1.82) is 0 Å². The van der Waals surface area contributed by atoms with Crippen molar-refractivity contribution < 1.29 is 9.53 Å². The molecule has 0 radical (unpaired) electrons. The predicted molar refractivity (Wildman–Crippen MR) is 53.5 cm³/mol. The Morgan fingerprint density at radius 1 is 1.29 bits per heavy atom. The third kappa shape index (κ3) is 1.44. The Balaban J connectivity index is 1.93. The van der Waals surface area contributed by atoms with Gasteiger partial charge in [0.15, 0.2) is 0 Å². The molecule has 0 spiro atoms. The third-order valence-electron chi connectivity index (χ3n) is 3.43. The van der Waals surface area contributed by atoms with E-state index < -0.39 is 0 Å². The zero-order valence-electron chi connectivity index (χ0n) is 9.12. The molecule has 2 aliphatic carbocycles. The molecule has 0 saturated heterocycles.